The van der Waals surface area contributed by atoms with Crippen LogP contribution < -0.4 is 11.1 Å². The van der Waals surface area contributed by atoms with Crippen LogP contribution in [0.15, 0.2) is 18.2 Å². The number of hydrogen-bond donors (Lipinski definition) is 2. The summed E-state index contributed by atoms with van der Waals surface area (Å²) >= 11 is 5.83. The van der Waals surface area contributed by atoms with Crippen molar-refractivity contribution in [1.29, 1.82) is 0 Å². The molecule has 92 valence electrons. The molecule has 0 bridgehead atoms. The van der Waals surface area contributed by atoms with E-state index in [-0.39, 0.29) is 22.9 Å². The number of anilines is 1. The van der Waals surface area contributed by atoms with Gasteiger partial charge in [0.25, 0.3) is 0 Å². The molecule has 0 saturated heterocycles. The van der Waals surface area contributed by atoms with E-state index in [1.807, 2.05) is 0 Å². The summed E-state index contributed by atoms with van der Waals surface area (Å²) in [5.41, 5.74) is 6.27. The van der Waals surface area contributed by atoms with Gasteiger partial charge in [-0.1, -0.05) is 18.0 Å². The van der Waals surface area contributed by atoms with Gasteiger partial charge in [0.2, 0.25) is 5.91 Å². The summed E-state index contributed by atoms with van der Waals surface area (Å²) in [7, 11) is 0. The molecule has 0 radical (unpaired) electrons. The fourth-order valence-corrected chi connectivity index (χ4v) is 2.35. The van der Waals surface area contributed by atoms with E-state index in [2.05, 4.69) is 5.32 Å². The molecule has 0 aromatic heterocycles. The van der Waals surface area contributed by atoms with Crippen LogP contribution in [0.5, 0.6) is 0 Å². The number of nitrogens with one attached hydrogen (secondary N) is 1. The molecule has 2 rings (SSSR count). The van der Waals surface area contributed by atoms with Crippen molar-refractivity contribution in [2.75, 3.05) is 5.32 Å². The number of hydrogen-bond acceptors (Lipinski definition) is 2. The molecule has 0 heterocycles. The van der Waals surface area contributed by atoms with Crippen LogP contribution in [0.2, 0.25) is 5.02 Å². The van der Waals surface area contributed by atoms with E-state index in [0.29, 0.717) is 5.69 Å². The number of carbonyl (C=O) groups excluding carboxylic acids is 1. The number of rotatable bonds is 2. The van der Waals surface area contributed by atoms with Gasteiger partial charge in [0.1, 0.15) is 5.82 Å². The molecule has 1 fully saturated rings. The second kappa shape index (κ2) is 5.02. The van der Waals surface area contributed by atoms with Gasteiger partial charge in [-0.25, -0.2) is 4.39 Å². The molecule has 1 aliphatic rings. The first-order valence-corrected chi connectivity index (χ1v) is 5.97. The Morgan fingerprint density at radius 1 is 1.47 bits per heavy atom. The smallest absolute Gasteiger partial charge is 0.229 e. The van der Waals surface area contributed by atoms with E-state index in [9.17, 15) is 9.18 Å². The highest BCUT2D eigenvalue weighted by molar-refractivity contribution is 6.33. The van der Waals surface area contributed by atoms with Gasteiger partial charge in [0, 0.05) is 6.04 Å². The van der Waals surface area contributed by atoms with E-state index in [0.717, 1.165) is 19.3 Å². The van der Waals surface area contributed by atoms with Crippen LogP contribution in [-0.4, -0.2) is 11.9 Å². The van der Waals surface area contributed by atoms with E-state index >= 15 is 0 Å². The predicted molar refractivity (Wildman–Crippen MR) is 65.4 cm³/mol. The fourth-order valence-electron chi connectivity index (χ4n) is 2.13. The molecule has 2 atom stereocenters. The molecule has 1 aliphatic carbocycles. The summed E-state index contributed by atoms with van der Waals surface area (Å²) in [5.74, 6) is -0.731. The maximum atomic E-state index is 12.8. The lowest BCUT2D eigenvalue weighted by Crippen LogP contribution is -2.34. The molecule has 1 aromatic carbocycles. The van der Waals surface area contributed by atoms with Gasteiger partial charge in [0.15, 0.2) is 0 Å². The Bertz CT molecular complexity index is 439. The zero-order valence-electron chi connectivity index (χ0n) is 9.25. The molecule has 1 aromatic rings. The second-order valence-electron chi connectivity index (χ2n) is 4.31. The van der Waals surface area contributed by atoms with Crippen molar-refractivity contribution in [3.63, 3.8) is 0 Å². The zero-order chi connectivity index (χ0) is 12.4. The van der Waals surface area contributed by atoms with Crippen LogP contribution in [0.1, 0.15) is 19.3 Å². The minimum Gasteiger partial charge on any atom is -0.327 e. The minimum atomic E-state index is -0.425. The van der Waals surface area contributed by atoms with Gasteiger partial charge in [-0.3, -0.25) is 4.79 Å². The third-order valence-corrected chi connectivity index (χ3v) is 3.41. The molecule has 0 spiro atoms. The number of carbonyl (C=O) groups is 1. The third-order valence-electron chi connectivity index (χ3n) is 3.10. The number of halogens is 2. The van der Waals surface area contributed by atoms with Crippen molar-refractivity contribution in [1.82, 2.24) is 0 Å². The van der Waals surface area contributed by atoms with E-state index < -0.39 is 5.82 Å². The summed E-state index contributed by atoms with van der Waals surface area (Å²) in [5, 5.41) is 2.89. The number of nitrogens with two attached hydrogens (primary N) is 1. The van der Waals surface area contributed by atoms with E-state index in [1.54, 1.807) is 0 Å². The molecular weight excluding hydrogens is 243 g/mol. The van der Waals surface area contributed by atoms with Crippen molar-refractivity contribution in [3.8, 4) is 0 Å². The van der Waals surface area contributed by atoms with E-state index in [4.69, 9.17) is 17.3 Å². The van der Waals surface area contributed by atoms with Gasteiger partial charge in [-0.05, 0) is 31.0 Å². The highest BCUT2D eigenvalue weighted by Gasteiger charge is 2.30. The average Bonchev–Trinajstić information content (AvgIpc) is 2.68. The summed E-state index contributed by atoms with van der Waals surface area (Å²) in [6.07, 6.45) is 2.64. The Labute approximate surface area is 104 Å². The molecular formula is C12H14ClFN2O. The van der Waals surface area contributed by atoms with Crippen LogP contribution in [-0.2, 0) is 4.79 Å². The average molecular weight is 257 g/mol. The van der Waals surface area contributed by atoms with Crippen LogP contribution in [0, 0.1) is 11.7 Å². The lowest BCUT2D eigenvalue weighted by Gasteiger charge is -2.15. The molecule has 5 heteroatoms. The fraction of sp³-hybridized carbons (Fsp3) is 0.417. The largest absolute Gasteiger partial charge is 0.327 e. The number of amides is 1. The highest BCUT2D eigenvalue weighted by atomic mass is 35.5. The van der Waals surface area contributed by atoms with E-state index in [1.165, 1.54) is 18.2 Å². The Morgan fingerprint density at radius 3 is 2.82 bits per heavy atom. The van der Waals surface area contributed by atoms with Crippen molar-refractivity contribution in [3.05, 3.63) is 29.0 Å². The van der Waals surface area contributed by atoms with Gasteiger partial charge < -0.3 is 11.1 Å². The second-order valence-corrected chi connectivity index (χ2v) is 4.72. The monoisotopic (exact) mass is 256 g/mol. The first-order chi connectivity index (χ1) is 8.08. The number of benzene rings is 1. The van der Waals surface area contributed by atoms with Crippen LogP contribution in [0.25, 0.3) is 0 Å². The Hall–Kier alpha value is -1.13. The molecule has 3 N–H and O–H groups in total. The molecule has 17 heavy (non-hydrogen) atoms. The summed E-state index contributed by atoms with van der Waals surface area (Å²) in [6.45, 7) is 0. The summed E-state index contributed by atoms with van der Waals surface area (Å²) < 4.78 is 12.8. The van der Waals surface area contributed by atoms with Crippen molar-refractivity contribution in [2.45, 2.75) is 25.3 Å². The SMILES string of the molecule is NC1CCCC1C(=O)Nc1ccc(F)cc1Cl. The highest BCUT2D eigenvalue weighted by Crippen LogP contribution is 2.27. The summed E-state index contributed by atoms with van der Waals surface area (Å²) in [6, 6.07) is 3.80. The van der Waals surface area contributed by atoms with Gasteiger partial charge in [-0.2, -0.15) is 0 Å². The quantitative estimate of drug-likeness (QED) is 0.854. The maximum absolute atomic E-state index is 12.8. The standard InChI is InChI=1S/C12H14ClFN2O/c13-9-6-7(14)4-5-11(9)16-12(17)8-2-1-3-10(8)15/h4-6,8,10H,1-3,15H2,(H,16,17). The van der Waals surface area contributed by atoms with Crippen LogP contribution >= 0.6 is 11.6 Å². The Morgan fingerprint density at radius 2 is 2.24 bits per heavy atom. The molecule has 0 aliphatic heterocycles. The normalized spacial score (nSPS) is 23.7. The minimum absolute atomic E-state index is 0.0887. The predicted octanol–water partition coefficient (Wildman–Crippen LogP) is 2.54. The first kappa shape index (κ1) is 12.3. The lowest BCUT2D eigenvalue weighted by atomic mass is 10.0. The van der Waals surface area contributed by atoms with Gasteiger partial charge in [-0.15, -0.1) is 0 Å². The Kier molecular flexibility index (Phi) is 3.64. The van der Waals surface area contributed by atoms with Crippen molar-refractivity contribution in [2.24, 2.45) is 11.7 Å². The molecule has 3 nitrogen and oxygen atoms in total. The lowest BCUT2D eigenvalue weighted by molar-refractivity contribution is -0.120. The maximum Gasteiger partial charge on any atom is 0.229 e. The van der Waals surface area contributed by atoms with Gasteiger partial charge in [0.05, 0.1) is 16.6 Å². The van der Waals surface area contributed by atoms with Crippen LogP contribution in [0.3, 0.4) is 0 Å². The first-order valence-electron chi connectivity index (χ1n) is 5.59. The Balaban J connectivity index is 2.07. The van der Waals surface area contributed by atoms with Crippen molar-refractivity contribution >= 4 is 23.2 Å². The van der Waals surface area contributed by atoms with Crippen LogP contribution in [0.4, 0.5) is 10.1 Å². The van der Waals surface area contributed by atoms with Crippen molar-refractivity contribution < 1.29 is 9.18 Å². The van der Waals surface area contributed by atoms with Gasteiger partial charge >= 0.3 is 0 Å². The topological polar surface area (TPSA) is 55.1 Å². The molecule has 2 unspecified atom stereocenters. The summed E-state index contributed by atoms with van der Waals surface area (Å²) in [4.78, 5) is 11.9. The molecule has 1 saturated carbocycles. The molecule has 1 amide bonds. The third kappa shape index (κ3) is 2.76. The zero-order valence-corrected chi connectivity index (χ0v) is 10.0.